The van der Waals surface area contributed by atoms with Gasteiger partial charge in [-0.3, -0.25) is 19.3 Å². The molecule has 1 N–H and O–H groups in total. The van der Waals surface area contributed by atoms with Gasteiger partial charge < -0.3 is 10.1 Å². The average molecular weight is 412 g/mol. The van der Waals surface area contributed by atoms with Crippen LogP contribution < -0.4 is 5.32 Å². The number of ether oxygens (including phenoxy) is 1. The third-order valence-corrected chi connectivity index (χ3v) is 6.30. The number of amides is 3. The maximum atomic E-state index is 12.8. The van der Waals surface area contributed by atoms with Crippen LogP contribution in [-0.4, -0.2) is 41.7 Å². The van der Waals surface area contributed by atoms with Gasteiger partial charge in [-0.2, -0.15) is 0 Å². The van der Waals surface area contributed by atoms with Crippen LogP contribution in [0.15, 0.2) is 24.3 Å². The summed E-state index contributed by atoms with van der Waals surface area (Å²) in [5.74, 6) is -1.55. The molecule has 1 aromatic carbocycles. The molecular formula is C21H20N2O5S. The molecule has 1 aliphatic carbocycles. The van der Waals surface area contributed by atoms with Crippen LogP contribution in [0.5, 0.6) is 0 Å². The molecular weight excluding hydrogens is 392 g/mol. The van der Waals surface area contributed by atoms with Crippen LogP contribution in [-0.2, 0) is 22.4 Å². The van der Waals surface area contributed by atoms with Crippen molar-refractivity contribution in [3.8, 4) is 0 Å². The Bertz CT molecular complexity index is 991. The summed E-state index contributed by atoms with van der Waals surface area (Å²) in [6, 6.07) is 6.63. The van der Waals surface area contributed by atoms with E-state index in [1.807, 2.05) is 0 Å². The van der Waals surface area contributed by atoms with Gasteiger partial charge in [0.15, 0.2) is 0 Å². The summed E-state index contributed by atoms with van der Waals surface area (Å²) in [5.41, 5.74) is 2.07. The SMILES string of the molecule is CC(=O)Nc1sc2c(c1C(=O)OCCN1C(=O)c3ccccc3C1=O)CCCC2. The summed E-state index contributed by atoms with van der Waals surface area (Å²) in [7, 11) is 0. The largest absolute Gasteiger partial charge is 0.460 e. The molecule has 0 unspecified atom stereocenters. The zero-order valence-electron chi connectivity index (χ0n) is 15.9. The second-order valence-electron chi connectivity index (χ2n) is 7.04. The zero-order chi connectivity index (χ0) is 20.5. The zero-order valence-corrected chi connectivity index (χ0v) is 16.8. The lowest BCUT2D eigenvalue weighted by Gasteiger charge is -2.15. The van der Waals surface area contributed by atoms with Crippen LogP contribution in [0.2, 0.25) is 0 Å². The molecule has 4 rings (SSSR count). The number of esters is 1. The predicted molar refractivity (Wildman–Crippen MR) is 107 cm³/mol. The van der Waals surface area contributed by atoms with Crippen LogP contribution in [0, 0.1) is 0 Å². The van der Waals surface area contributed by atoms with E-state index in [2.05, 4.69) is 5.32 Å². The molecule has 0 saturated carbocycles. The number of nitrogens with one attached hydrogen (secondary N) is 1. The van der Waals surface area contributed by atoms with E-state index in [1.165, 1.54) is 18.3 Å². The first-order valence-corrected chi connectivity index (χ1v) is 10.3. The predicted octanol–water partition coefficient (Wildman–Crippen LogP) is 3.04. The Hall–Kier alpha value is -3.00. The molecule has 2 aliphatic rings. The van der Waals surface area contributed by atoms with E-state index in [4.69, 9.17) is 4.74 Å². The molecule has 29 heavy (non-hydrogen) atoms. The third-order valence-electron chi connectivity index (χ3n) is 5.09. The topological polar surface area (TPSA) is 92.8 Å². The molecule has 2 aromatic rings. The Morgan fingerprint density at radius 1 is 1.10 bits per heavy atom. The first kappa shape index (κ1) is 19.3. The molecule has 0 atom stereocenters. The van der Waals surface area contributed by atoms with Crippen LogP contribution in [0.4, 0.5) is 5.00 Å². The Morgan fingerprint density at radius 3 is 2.41 bits per heavy atom. The van der Waals surface area contributed by atoms with Gasteiger partial charge in [0, 0.05) is 11.8 Å². The van der Waals surface area contributed by atoms with E-state index in [1.54, 1.807) is 24.3 Å². The smallest absolute Gasteiger partial charge is 0.341 e. The molecule has 0 spiro atoms. The summed E-state index contributed by atoms with van der Waals surface area (Å²) >= 11 is 1.42. The van der Waals surface area contributed by atoms with Gasteiger partial charge in [-0.05, 0) is 43.4 Å². The number of benzene rings is 1. The van der Waals surface area contributed by atoms with Crippen molar-refractivity contribution in [3.63, 3.8) is 0 Å². The van der Waals surface area contributed by atoms with Gasteiger partial charge in [-0.25, -0.2) is 4.79 Å². The minimum atomic E-state index is -0.537. The number of imide groups is 1. The standard InChI is InChI=1S/C21H20N2O5S/c1-12(24)22-18-17(15-8-4-5-9-16(15)29-18)21(27)28-11-10-23-19(25)13-6-2-3-7-14(13)20(23)26/h2-3,6-7H,4-5,8-11H2,1H3,(H,22,24). The number of hydrogen-bond donors (Lipinski definition) is 1. The van der Waals surface area contributed by atoms with E-state index in [0.717, 1.165) is 41.0 Å². The number of anilines is 1. The molecule has 0 radical (unpaired) electrons. The van der Waals surface area contributed by atoms with Gasteiger partial charge >= 0.3 is 5.97 Å². The number of hydrogen-bond acceptors (Lipinski definition) is 6. The molecule has 1 aliphatic heterocycles. The van der Waals surface area contributed by atoms with Crippen LogP contribution in [0.1, 0.15) is 61.3 Å². The summed E-state index contributed by atoms with van der Waals surface area (Å²) in [5, 5.41) is 3.24. The van der Waals surface area contributed by atoms with Gasteiger partial charge in [-0.1, -0.05) is 12.1 Å². The molecule has 1 aromatic heterocycles. The van der Waals surface area contributed by atoms with E-state index in [0.29, 0.717) is 21.7 Å². The third kappa shape index (κ3) is 3.55. The lowest BCUT2D eigenvalue weighted by atomic mass is 9.95. The number of rotatable bonds is 5. The Kier molecular flexibility index (Phi) is 5.19. The highest BCUT2D eigenvalue weighted by Gasteiger charge is 2.35. The highest BCUT2D eigenvalue weighted by molar-refractivity contribution is 7.17. The molecule has 0 fully saturated rings. The highest BCUT2D eigenvalue weighted by Crippen LogP contribution is 2.38. The van der Waals surface area contributed by atoms with Crippen molar-refractivity contribution in [2.24, 2.45) is 0 Å². The van der Waals surface area contributed by atoms with Gasteiger partial charge in [0.25, 0.3) is 11.8 Å². The summed E-state index contributed by atoms with van der Waals surface area (Å²) in [6.45, 7) is 1.28. The molecule has 8 heteroatoms. The van der Waals surface area contributed by atoms with Gasteiger partial charge in [0.2, 0.25) is 5.91 Å². The molecule has 150 valence electrons. The van der Waals surface area contributed by atoms with Gasteiger partial charge in [0.1, 0.15) is 11.6 Å². The number of nitrogens with zero attached hydrogens (tertiary/aromatic N) is 1. The fourth-order valence-electron chi connectivity index (χ4n) is 3.77. The molecule has 2 heterocycles. The highest BCUT2D eigenvalue weighted by atomic mass is 32.1. The summed E-state index contributed by atoms with van der Waals surface area (Å²) in [6.07, 6.45) is 3.70. The summed E-state index contributed by atoms with van der Waals surface area (Å²) in [4.78, 5) is 51.3. The minimum Gasteiger partial charge on any atom is -0.460 e. The number of thiophene rings is 1. The van der Waals surface area contributed by atoms with Crippen molar-refractivity contribution in [1.29, 1.82) is 0 Å². The Morgan fingerprint density at radius 2 is 1.76 bits per heavy atom. The lowest BCUT2D eigenvalue weighted by molar-refractivity contribution is -0.114. The first-order valence-electron chi connectivity index (χ1n) is 9.52. The van der Waals surface area contributed by atoms with Crippen molar-refractivity contribution >= 4 is 40.0 Å². The number of fused-ring (bicyclic) bond motifs is 2. The second kappa shape index (κ2) is 7.79. The maximum Gasteiger partial charge on any atom is 0.341 e. The molecule has 0 bridgehead atoms. The molecule has 0 saturated heterocycles. The van der Waals surface area contributed by atoms with Crippen LogP contribution in [0.25, 0.3) is 0 Å². The fraction of sp³-hybridized carbons (Fsp3) is 0.333. The van der Waals surface area contributed by atoms with Crippen LogP contribution >= 0.6 is 11.3 Å². The van der Waals surface area contributed by atoms with Crippen LogP contribution in [0.3, 0.4) is 0 Å². The number of carbonyl (C=O) groups is 4. The first-order chi connectivity index (χ1) is 14.0. The van der Waals surface area contributed by atoms with Crippen molar-refractivity contribution in [2.45, 2.75) is 32.6 Å². The fourth-order valence-corrected chi connectivity index (χ4v) is 5.10. The number of carbonyl (C=O) groups excluding carboxylic acids is 4. The van der Waals surface area contributed by atoms with E-state index >= 15 is 0 Å². The average Bonchev–Trinajstić information content (AvgIpc) is 3.17. The van der Waals surface area contributed by atoms with E-state index < -0.39 is 5.97 Å². The maximum absolute atomic E-state index is 12.8. The normalized spacial score (nSPS) is 15.1. The quantitative estimate of drug-likeness (QED) is 0.602. The van der Waals surface area contributed by atoms with E-state index in [-0.39, 0.29) is 30.9 Å². The van der Waals surface area contributed by atoms with Gasteiger partial charge in [0.05, 0.1) is 23.2 Å². The van der Waals surface area contributed by atoms with Crippen molar-refractivity contribution in [2.75, 3.05) is 18.5 Å². The monoisotopic (exact) mass is 412 g/mol. The van der Waals surface area contributed by atoms with Crippen molar-refractivity contribution in [1.82, 2.24) is 4.90 Å². The minimum absolute atomic E-state index is 0.0140. The second-order valence-corrected chi connectivity index (χ2v) is 8.14. The molecule has 3 amide bonds. The Labute approximate surface area is 171 Å². The van der Waals surface area contributed by atoms with Gasteiger partial charge in [-0.15, -0.1) is 11.3 Å². The Balaban J connectivity index is 1.46. The number of aryl methyl sites for hydroxylation is 1. The van der Waals surface area contributed by atoms with E-state index in [9.17, 15) is 19.2 Å². The van der Waals surface area contributed by atoms with Crippen molar-refractivity contribution < 1.29 is 23.9 Å². The lowest BCUT2D eigenvalue weighted by Crippen LogP contribution is -2.33. The van der Waals surface area contributed by atoms with Crippen molar-refractivity contribution in [3.05, 3.63) is 51.4 Å². The summed E-state index contributed by atoms with van der Waals surface area (Å²) < 4.78 is 5.40. The molecule has 7 nitrogen and oxygen atoms in total.